The van der Waals surface area contributed by atoms with Crippen LogP contribution < -0.4 is 10.6 Å². The minimum atomic E-state index is -0.625. The molecule has 34 heavy (non-hydrogen) atoms. The number of hydrogen-bond donors (Lipinski definition) is 2. The summed E-state index contributed by atoms with van der Waals surface area (Å²) in [6.45, 7) is 11.0. The molecule has 0 saturated carbocycles. The molecule has 2 aromatic heterocycles. The molecule has 0 aliphatic rings. The first-order valence-corrected chi connectivity index (χ1v) is 10.00. The first-order valence-electron chi connectivity index (χ1n) is 10.00. The van der Waals surface area contributed by atoms with Crippen LogP contribution in [0.5, 0.6) is 0 Å². The van der Waals surface area contributed by atoms with Gasteiger partial charge < -0.3 is 17.5 Å². The number of ether oxygens (including phenoxy) is 1. The van der Waals surface area contributed by atoms with Crippen LogP contribution in [-0.4, -0.2) is 32.4 Å². The molecule has 2 amide bonds. The molecule has 2 N–H and O–H groups in total. The molecule has 2 heterocycles. The number of anilines is 2. The maximum Gasteiger partial charge on any atom is 2.00 e. The fourth-order valence-electron chi connectivity index (χ4n) is 2.83. The van der Waals surface area contributed by atoms with Crippen molar-refractivity contribution < 1.29 is 45.4 Å². The van der Waals surface area contributed by atoms with Crippen LogP contribution in [0, 0.1) is 51.5 Å². The Kier molecular flexibility index (Phi) is 10.3. The van der Waals surface area contributed by atoms with Crippen molar-refractivity contribution in [2.75, 3.05) is 10.6 Å². The van der Waals surface area contributed by atoms with Gasteiger partial charge in [-0.25, -0.2) is 4.79 Å². The molecule has 0 unspecified atom stereocenters. The summed E-state index contributed by atoms with van der Waals surface area (Å²) in [5, 5.41) is 9.56. The van der Waals surface area contributed by atoms with Gasteiger partial charge in [0.15, 0.2) is 0 Å². The fraction of sp³-hybridized carbons (Fsp3) is 0.240. The summed E-state index contributed by atoms with van der Waals surface area (Å²) in [5.41, 5.74) is 3.56. The molecule has 0 spiro atoms. The van der Waals surface area contributed by atoms with Gasteiger partial charge >= 0.3 is 37.2 Å². The number of nitrogens with zero attached hydrogens (tertiary/aromatic N) is 3. The van der Waals surface area contributed by atoms with E-state index < -0.39 is 17.6 Å². The number of nitrogens with one attached hydrogen (secondary N) is 2. The van der Waals surface area contributed by atoms with Crippen molar-refractivity contribution in [3.8, 4) is 11.1 Å². The summed E-state index contributed by atoms with van der Waals surface area (Å²) in [5.74, 6) is -0.394. The second kappa shape index (κ2) is 12.0. The van der Waals surface area contributed by atoms with Crippen LogP contribution in [0.2, 0.25) is 0 Å². The molecule has 8 nitrogen and oxygen atoms in total. The van der Waals surface area contributed by atoms with Crippen LogP contribution in [0.15, 0.2) is 49.4 Å². The van der Waals surface area contributed by atoms with Crippen LogP contribution in [-0.2, 0) is 16.6 Å². The van der Waals surface area contributed by atoms with Gasteiger partial charge in [0.25, 0.3) is 0 Å². The Morgan fingerprint density at radius 2 is 1.85 bits per heavy atom. The number of benzene rings is 1. The van der Waals surface area contributed by atoms with E-state index >= 15 is 0 Å². The molecule has 0 atom stereocenters. The molecule has 0 aliphatic heterocycles. The van der Waals surface area contributed by atoms with Crippen LogP contribution >= 0.6 is 0 Å². The summed E-state index contributed by atoms with van der Waals surface area (Å²) in [6.07, 6.45) is 4.55. The molecule has 3 aromatic rings. The molecular weight excluding hydrogens is 656 g/mol. The van der Waals surface area contributed by atoms with Crippen molar-refractivity contribution in [2.45, 2.75) is 33.3 Å². The maximum atomic E-state index is 12.8. The third-order valence-electron chi connectivity index (χ3n) is 4.43. The number of aryl methyl sites for hydroxylation is 2. The van der Waals surface area contributed by atoms with Gasteiger partial charge in [-0.15, -0.1) is 36.4 Å². The zero-order chi connectivity index (χ0) is 23.5. The summed E-state index contributed by atoms with van der Waals surface area (Å²) < 4.78 is 6.96. The molecule has 9 heteroatoms. The van der Waals surface area contributed by atoms with Crippen molar-refractivity contribution in [3.05, 3.63) is 74.2 Å². The number of aromatic nitrogens is 3. The molecule has 0 bridgehead atoms. The third kappa shape index (κ3) is 7.86. The van der Waals surface area contributed by atoms with Crippen LogP contribution in [0.1, 0.15) is 32.0 Å². The minimum Gasteiger partial charge on any atom is -0.444 e. The predicted molar refractivity (Wildman–Crippen MR) is 130 cm³/mol. The number of carbonyl (C=O) groups excluding carboxylic acids is 2. The Hall–Kier alpha value is -2.89. The summed E-state index contributed by atoms with van der Waals surface area (Å²) in [7, 11) is 1.85. The molecule has 0 saturated heterocycles. The summed E-state index contributed by atoms with van der Waals surface area (Å²) in [4.78, 5) is 29.0. The topological polar surface area (TPSA) is 98.1 Å². The smallest absolute Gasteiger partial charge is 0.444 e. The number of amides is 2. The fourth-order valence-corrected chi connectivity index (χ4v) is 2.83. The molecule has 0 fully saturated rings. The average Bonchev–Trinajstić information content (AvgIpc) is 3.15. The second-order valence-electron chi connectivity index (χ2n) is 8.31. The SMILES string of the molecule is C=C(C(=O)Nc1cc(NC(=O)OC(C)(C)C)cnc1C)c1[c-]cc(-c2cnn(C)c2)cc1.[CH3-].[U+2]. The Bertz CT molecular complexity index is 1160. The maximum absolute atomic E-state index is 12.8. The molecule has 176 valence electrons. The van der Waals surface area contributed by atoms with Gasteiger partial charge in [-0.3, -0.25) is 19.8 Å². The van der Waals surface area contributed by atoms with Crippen LogP contribution in [0.4, 0.5) is 16.2 Å². The van der Waals surface area contributed by atoms with E-state index in [4.69, 9.17) is 4.74 Å². The van der Waals surface area contributed by atoms with Gasteiger partial charge in [0.1, 0.15) is 5.60 Å². The standard InChI is InChI=1S/C24H26N5O3.CH3.U/c1-15(17-7-9-18(10-8-17)19-12-26-29(6)14-19)22(30)28-21-11-20(13-25-16(21)2)27-23(31)32-24(3,4)5;;/h7,9-14H,1H2,2-6H3,(H,27,31)(H,28,30);1H3;/q2*-1;+2. The van der Waals surface area contributed by atoms with Crippen molar-refractivity contribution in [1.82, 2.24) is 14.8 Å². The molecule has 0 radical (unpaired) electrons. The monoisotopic (exact) mass is 685 g/mol. The van der Waals surface area contributed by atoms with Gasteiger partial charge in [-0.1, -0.05) is 5.56 Å². The number of rotatable bonds is 5. The molecular formula is C25H29N5O3U. The van der Waals surface area contributed by atoms with Crippen molar-refractivity contribution in [1.29, 1.82) is 0 Å². The average molecular weight is 686 g/mol. The van der Waals surface area contributed by atoms with Crippen LogP contribution in [0.25, 0.3) is 16.7 Å². The molecule has 0 aliphatic carbocycles. The van der Waals surface area contributed by atoms with Crippen molar-refractivity contribution in [3.63, 3.8) is 0 Å². The van der Waals surface area contributed by atoms with E-state index in [-0.39, 0.29) is 44.1 Å². The zero-order valence-electron chi connectivity index (χ0n) is 20.3. The largest absolute Gasteiger partial charge is 2.00 e. The minimum absolute atomic E-state index is 0. The quantitative estimate of drug-likeness (QED) is 0.290. The first kappa shape index (κ1) is 29.1. The molecule has 1 aromatic carbocycles. The van der Waals surface area contributed by atoms with Gasteiger partial charge in [0, 0.05) is 19.4 Å². The Morgan fingerprint density at radius 1 is 1.15 bits per heavy atom. The predicted octanol–water partition coefficient (Wildman–Crippen LogP) is 5.04. The second-order valence-corrected chi connectivity index (χ2v) is 8.31. The Balaban J connectivity index is 0.00000289. The van der Waals surface area contributed by atoms with Gasteiger partial charge in [-0.2, -0.15) is 5.10 Å². The van der Waals surface area contributed by atoms with Gasteiger partial charge in [-0.05, 0) is 44.9 Å². The number of hydrogen-bond acceptors (Lipinski definition) is 5. The first-order chi connectivity index (χ1) is 15.0. The van der Waals surface area contributed by atoms with E-state index in [2.05, 4.69) is 33.4 Å². The normalized spacial score (nSPS) is 10.4. The van der Waals surface area contributed by atoms with E-state index in [1.807, 2.05) is 19.3 Å². The summed E-state index contributed by atoms with van der Waals surface area (Å²) in [6, 6.07) is 10.2. The third-order valence-corrected chi connectivity index (χ3v) is 4.43. The summed E-state index contributed by atoms with van der Waals surface area (Å²) >= 11 is 0. The van der Waals surface area contributed by atoms with E-state index in [0.29, 0.717) is 22.6 Å². The van der Waals surface area contributed by atoms with Crippen molar-refractivity contribution >= 4 is 28.9 Å². The van der Waals surface area contributed by atoms with E-state index in [0.717, 1.165) is 11.1 Å². The Labute approximate surface area is 224 Å². The number of carbonyl (C=O) groups is 2. The van der Waals surface area contributed by atoms with Gasteiger partial charge in [0.2, 0.25) is 5.91 Å². The zero-order valence-corrected chi connectivity index (χ0v) is 24.5. The van der Waals surface area contributed by atoms with E-state index in [9.17, 15) is 9.59 Å². The van der Waals surface area contributed by atoms with Crippen molar-refractivity contribution in [2.24, 2.45) is 7.05 Å². The number of pyridine rings is 1. The molecule has 3 rings (SSSR count). The van der Waals surface area contributed by atoms with E-state index in [1.54, 1.807) is 56.8 Å². The Morgan fingerprint density at radius 3 is 2.41 bits per heavy atom. The van der Waals surface area contributed by atoms with Gasteiger partial charge in [0.05, 0.1) is 23.3 Å². The van der Waals surface area contributed by atoms with Crippen LogP contribution in [0.3, 0.4) is 0 Å². The van der Waals surface area contributed by atoms with E-state index in [1.165, 1.54) is 6.20 Å².